The Morgan fingerprint density at radius 3 is 2.50 bits per heavy atom. The van der Waals surface area contributed by atoms with Gasteiger partial charge in [-0.15, -0.1) is 0 Å². The first kappa shape index (κ1) is 19.5. The Morgan fingerprint density at radius 2 is 1.96 bits per heavy atom. The number of hydrazone groups is 1. The van der Waals surface area contributed by atoms with Crippen LogP contribution in [0.25, 0.3) is 0 Å². The Bertz CT molecular complexity index is 803. The van der Waals surface area contributed by atoms with Crippen molar-refractivity contribution in [1.82, 2.24) is 25.0 Å². The lowest BCUT2D eigenvalue weighted by molar-refractivity contribution is -0.144. The van der Waals surface area contributed by atoms with Gasteiger partial charge in [-0.3, -0.25) is 14.2 Å². The number of aromatic nitrogens is 4. The van der Waals surface area contributed by atoms with E-state index in [1.807, 2.05) is 5.43 Å². The van der Waals surface area contributed by atoms with E-state index in [1.165, 1.54) is 13.0 Å². The summed E-state index contributed by atoms with van der Waals surface area (Å²) in [6.45, 7) is 0.0449. The number of carbonyl (C=O) groups is 1. The number of halogens is 6. The van der Waals surface area contributed by atoms with Crippen molar-refractivity contribution in [3.05, 3.63) is 35.4 Å². The molecule has 0 aromatic carbocycles. The summed E-state index contributed by atoms with van der Waals surface area (Å²) in [5.74, 6) is -1.01. The molecule has 0 aliphatic carbocycles. The summed E-state index contributed by atoms with van der Waals surface area (Å²) in [6.07, 6.45) is -7.10. The monoisotopic (exact) mass is 382 g/mol. The first-order chi connectivity index (χ1) is 12.0. The van der Waals surface area contributed by atoms with E-state index >= 15 is 0 Å². The standard InChI is InChI=1S/C13H12F6N6O/c1-2-25-10(13(17,18)19)5-9(23-25)11(26)21-20-6-8-3-4-24(22-8)7-12(14,15)16/h3-6H,2,7H2,1H3,(H,21,26)/b20-6-. The fraction of sp³-hybridized carbons (Fsp3) is 0.385. The number of hydrogen-bond acceptors (Lipinski definition) is 4. The molecule has 0 spiro atoms. The lowest BCUT2D eigenvalue weighted by atomic mass is 10.3. The molecule has 1 N–H and O–H groups in total. The summed E-state index contributed by atoms with van der Waals surface area (Å²) in [7, 11) is 0. The van der Waals surface area contributed by atoms with E-state index in [9.17, 15) is 31.1 Å². The number of aryl methyl sites for hydroxylation is 1. The minimum atomic E-state index is -4.67. The molecule has 7 nitrogen and oxygen atoms in total. The van der Waals surface area contributed by atoms with Crippen LogP contribution in [-0.2, 0) is 19.3 Å². The van der Waals surface area contributed by atoms with Gasteiger partial charge in [0, 0.05) is 18.8 Å². The van der Waals surface area contributed by atoms with Gasteiger partial charge in [-0.25, -0.2) is 5.43 Å². The summed E-state index contributed by atoms with van der Waals surface area (Å²) in [5.41, 5.74) is 0.371. The molecule has 0 aliphatic heterocycles. The Labute approximate surface area is 142 Å². The molecule has 2 aromatic heterocycles. The normalized spacial score (nSPS) is 12.7. The van der Waals surface area contributed by atoms with E-state index in [2.05, 4.69) is 15.3 Å². The highest BCUT2D eigenvalue weighted by molar-refractivity contribution is 5.93. The van der Waals surface area contributed by atoms with Crippen molar-refractivity contribution < 1.29 is 31.1 Å². The van der Waals surface area contributed by atoms with Gasteiger partial charge in [0.25, 0.3) is 5.91 Å². The van der Waals surface area contributed by atoms with Crippen molar-refractivity contribution in [3.8, 4) is 0 Å². The van der Waals surface area contributed by atoms with Crippen LogP contribution >= 0.6 is 0 Å². The highest BCUT2D eigenvalue weighted by atomic mass is 19.4. The molecule has 0 aliphatic rings. The predicted molar refractivity (Wildman–Crippen MR) is 76.2 cm³/mol. The molecular weight excluding hydrogens is 370 g/mol. The minimum Gasteiger partial charge on any atom is -0.265 e. The second-order valence-corrected chi connectivity index (χ2v) is 4.98. The molecule has 0 atom stereocenters. The molecule has 0 radical (unpaired) electrons. The summed E-state index contributed by atoms with van der Waals surface area (Å²) in [4.78, 5) is 11.8. The fourth-order valence-corrected chi connectivity index (χ4v) is 1.93. The molecule has 0 saturated heterocycles. The maximum atomic E-state index is 12.8. The smallest absolute Gasteiger partial charge is 0.265 e. The molecule has 1 amide bonds. The maximum Gasteiger partial charge on any atom is 0.433 e. The zero-order valence-corrected chi connectivity index (χ0v) is 13.1. The Hall–Kier alpha value is -2.86. The van der Waals surface area contributed by atoms with Gasteiger partial charge in [0.15, 0.2) is 5.69 Å². The molecule has 0 bridgehead atoms. The van der Waals surface area contributed by atoms with E-state index in [4.69, 9.17) is 0 Å². The molecule has 2 rings (SSSR count). The first-order valence-corrected chi connectivity index (χ1v) is 7.08. The number of hydrogen-bond donors (Lipinski definition) is 1. The van der Waals surface area contributed by atoms with Gasteiger partial charge in [0.2, 0.25) is 0 Å². The van der Waals surface area contributed by atoms with E-state index in [0.717, 1.165) is 12.4 Å². The van der Waals surface area contributed by atoms with Crippen LogP contribution < -0.4 is 5.43 Å². The number of carbonyl (C=O) groups excluding carboxylic acids is 1. The fourth-order valence-electron chi connectivity index (χ4n) is 1.93. The zero-order valence-electron chi connectivity index (χ0n) is 13.1. The number of alkyl halides is 6. The van der Waals surface area contributed by atoms with Crippen LogP contribution in [0.15, 0.2) is 23.4 Å². The molecule has 0 saturated carbocycles. The van der Waals surface area contributed by atoms with Crippen LogP contribution in [0.2, 0.25) is 0 Å². The number of nitrogens with zero attached hydrogens (tertiary/aromatic N) is 5. The number of rotatable bonds is 5. The Kier molecular flexibility index (Phi) is 5.37. The van der Waals surface area contributed by atoms with Crippen LogP contribution in [0, 0.1) is 0 Å². The van der Waals surface area contributed by atoms with Crippen LogP contribution in [0.1, 0.15) is 28.8 Å². The quantitative estimate of drug-likeness (QED) is 0.490. The highest BCUT2D eigenvalue weighted by Gasteiger charge is 2.36. The lowest BCUT2D eigenvalue weighted by Gasteiger charge is -2.06. The van der Waals surface area contributed by atoms with Crippen molar-refractivity contribution in [1.29, 1.82) is 0 Å². The molecule has 0 fully saturated rings. The summed E-state index contributed by atoms with van der Waals surface area (Å²) < 4.78 is 76.2. The van der Waals surface area contributed by atoms with Gasteiger partial charge in [0.05, 0.1) is 6.21 Å². The van der Waals surface area contributed by atoms with Crippen molar-refractivity contribution >= 4 is 12.1 Å². The lowest BCUT2D eigenvalue weighted by Crippen LogP contribution is -2.19. The van der Waals surface area contributed by atoms with Crippen molar-refractivity contribution in [2.45, 2.75) is 32.4 Å². The molecule has 13 heteroatoms. The summed E-state index contributed by atoms with van der Waals surface area (Å²) >= 11 is 0. The summed E-state index contributed by atoms with van der Waals surface area (Å²) in [5, 5.41) is 10.5. The largest absolute Gasteiger partial charge is 0.433 e. The van der Waals surface area contributed by atoms with Gasteiger partial charge >= 0.3 is 12.4 Å². The van der Waals surface area contributed by atoms with Crippen LogP contribution in [-0.4, -0.2) is 37.9 Å². The average Bonchev–Trinajstić information content (AvgIpc) is 3.11. The second kappa shape index (κ2) is 7.17. The molecule has 142 valence electrons. The van der Waals surface area contributed by atoms with E-state index in [0.29, 0.717) is 15.4 Å². The first-order valence-electron chi connectivity index (χ1n) is 7.08. The minimum absolute atomic E-state index is 0.0182. The topological polar surface area (TPSA) is 77.1 Å². The van der Waals surface area contributed by atoms with E-state index < -0.39 is 36.2 Å². The second-order valence-electron chi connectivity index (χ2n) is 4.98. The third-order valence-electron chi connectivity index (χ3n) is 2.97. The van der Waals surface area contributed by atoms with Gasteiger partial charge < -0.3 is 0 Å². The van der Waals surface area contributed by atoms with Crippen molar-refractivity contribution in [2.24, 2.45) is 5.10 Å². The van der Waals surface area contributed by atoms with Crippen LogP contribution in [0.5, 0.6) is 0 Å². The van der Waals surface area contributed by atoms with Gasteiger partial charge in [-0.2, -0.15) is 41.6 Å². The molecule has 2 aromatic rings. The van der Waals surface area contributed by atoms with Gasteiger partial charge in [-0.05, 0) is 13.0 Å². The van der Waals surface area contributed by atoms with Gasteiger partial charge in [0.1, 0.15) is 17.9 Å². The molecule has 2 heterocycles. The zero-order chi connectivity index (χ0) is 19.5. The number of amides is 1. The van der Waals surface area contributed by atoms with Gasteiger partial charge in [-0.1, -0.05) is 0 Å². The third kappa shape index (κ3) is 5.07. The molecular formula is C13H12F6N6O. The summed E-state index contributed by atoms with van der Waals surface area (Å²) in [6, 6.07) is 1.79. The Balaban J connectivity index is 2.03. The Morgan fingerprint density at radius 1 is 1.27 bits per heavy atom. The maximum absolute atomic E-state index is 12.8. The highest BCUT2D eigenvalue weighted by Crippen LogP contribution is 2.29. The van der Waals surface area contributed by atoms with E-state index in [1.54, 1.807) is 0 Å². The molecule has 0 unspecified atom stereocenters. The SMILES string of the molecule is CCn1nc(C(=O)N/N=C\c2ccn(CC(F)(F)F)n2)cc1C(F)(F)F. The predicted octanol–water partition coefficient (Wildman–Crippen LogP) is 2.44. The third-order valence-corrected chi connectivity index (χ3v) is 2.97. The number of nitrogens with one attached hydrogen (secondary N) is 1. The van der Waals surface area contributed by atoms with E-state index in [-0.39, 0.29) is 12.2 Å². The molecule has 26 heavy (non-hydrogen) atoms. The van der Waals surface area contributed by atoms with Crippen molar-refractivity contribution in [3.63, 3.8) is 0 Å². The van der Waals surface area contributed by atoms with Crippen LogP contribution in [0.3, 0.4) is 0 Å². The average molecular weight is 382 g/mol. The van der Waals surface area contributed by atoms with Crippen molar-refractivity contribution in [2.75, 3.05) is 0 Å². The van der Waals surface area contributed by atoms with Crippen LogP contribution in [0.4, 0.5) is 26.3 Å².